The van der Waals surface area contributed by atoms with Crippen LogP contribution in [0.1, 0.15) is 0 Å². The fourth-order valence-electron chi connectivity index (χ4n) is 10.3. The molecule has 0 aliphatic heterocycles. The van der Waals surface area contributed by atoms with E-state index in [1.165, 1.54) is 38.4 Å². The highest BCUT2D eigenvalue weighted by Crippen LogP contribution is 2.47. The van der Waals surface area contributed by atoms with Crippen molar-refractivity contribution in [2.45, 2.75) is 0 Å². The van der Waals surface area contributed by atoms with Gasteiger partial charge in [-0.3, -0.25) is 0 Å². The Kier molecular flexibility index (Phi) is 9.17. The van der Waals surface area contributed by atoms with Gasteiger partial charge in [-0.1, -0.05) is 194 Å². The number of rotatable bonds is 8. The number of fused-ring (bicyclic) bond motifs is 7. The summed E-state index contributed by atoms with van der Waals surface area (Å²) in [6, 6.07) is 91.9. The Hall–Kier alpha value is -8.92. The molecule has 13 aromatic rings. The van der Waals surface area contributed by atoms with Crippen molar-refractivity contribution in [2.24, 2.45) is 0 Å². The summed E-state index contributed by atoms with van der Waals surface area (Å²) in [4.78, 5) is 2.43. The Bertz CT molecular complexity index is 3920. The molecule has 0 fully saturated rings. The Morgan fingerprint density at radius 3 is 1.60 bits per heavy atom. The van der Waals surface area contributed by atoms with Crippen molar-refractivity contribution in [2.75, 3.05) is 4.90 Å². The zero-order chi connectivity index (χ0) is 44.3. The molecule has 0 atom stereocenters. The van der Waals surface area contributed by atoms with Gasteiger partial charge >= 0.3 is 0 Å². The summed E-state index contributed by atoms with van der Waals surface area (Å²) in [5.41, 5.74) is 17.5. The first kappa shape index (κ1) is 38.5. The fourth-order valence-corrected chi connectivity index (χ4v) is 10.3. The molecular formula is C64H42N2O. The van der Waals surface area contributed by atoms with Crippen LogP contribution < -0.4 is 4.90 Å². The Labute approximate surface area is 388 Å². The topological polar surface area (TPSA) is 21.3 Å². The van der Waals surface area contributed by atoms with Crippen LogP contribution in [-0.2, 0) is 0 Å². The highest BCUT2D eigenvalue weighted by molar-refractivity contribution is 6.14. The smallest absolute Gasteiger partial charge is 0.143 e. The number of anilines is 3. The molecule has 0 N–H and O–H groups in total. The minimum absolute atomic E-state index is 0.874. The third-order valence-corrected chi connectivity index (χ3v) is 13.4. The van der Waals surface area contributed by atoms with Crippen LogP contribution in [0.4, 0.5) is 17.1 Å². The standard InChI is InChI=1S/C64H42N2O/c1-3-18-44(19-4-1)50-39-36-48(40-56(50)45-20-5-2-6-21-45)43-34-37-49(38-35-43)65(61-32-15-16-33-62(61)66-59-30-13-9-24-51(59)52-25-10-14-31-60(52)66)58-29-12-11-26-53(58)54-27-17-28-55-57-41-46-22-7-8-23-47(46)42-63(57)67-64(54)55/h1-42H. The third-order valence-electron chi connectivity index (χ3n) is 13.4. The molecule has 0 aliphatic rings. The van der Waals surface area contributed by atoms with Gasteiger partial charge in [0.2, 0.25) is 0 Å². The van der Waals surface area contributed by atoms with Gasteiger partial charge in [-0.15, -0.1) is 0 Å². The molecule has 2 aromatic heterocycles. The number of hydrogen-bond acceptors (Lipinski definition) is 2. The molecule has 0 unspecified atom stereocenters. The van der Waals surface area contributed by atoms with Crippen LogP contribution in [0.15, 0.2) is 259 Å². The lowest BCUT2D eigenvalue weighted by molar-refractivity contribution is 0.670. The van der Waals surface area contributed by atoms with E-state index < -0.39 is 0 Å². The molecule has 67 heavy (non-hydrogen) atoms. The van der Waals surface area contributed by atoms with Gasteiger partial charge in [0.1, 0.15) is 11.2 Å². The monoisotopic (exact) mass is 854 g/mol. The van der Waals surface area contributed by atoms with E-state index in [0.29, 0.717) is 0 Å². The van der Waals surface area contributed by atoms with Gasteiger partial charge in [-0.25, -0.2) is 0 Å². The predicted octanol–water partition coefficient (Wildman–Crippen LogP) is 18.0. The lowest BCUT2D eigenvalue weighted by Gasteiger charge is -2.30. The second kappa shape index (κ2) is 16.0. The van der Waals surface area contributed by atoms with Crippen LogP contribution in [0.25, 0.3) is 105 Å². The maximum atomic E-state index is 6.89. The van der Waals surface area contributed by atoms with E-state index in [4.69, 9.17) is 4.42 Å². The molecule has 0 bridgehead atoms. The minimum atomic E-state index is 0.874. The molecular weight excluding hydrogens is 813 g/mol. The SMILES string of the molecule is c1ccc(-c2ccc(-c3ccc(N(c4ccccc4-c4cccc5c4oc4cc6ccccc6cc45)c4ccccc4-n4c5ccccc5c5ccccc54)cc3)cc2-c2ccccc2)cc1. The number of nitrogens with zero attached hydrogens (tertiary/aromatic N) is 2. The van der Waals surface area contributed by atoms with E-state index in [1.54, 1.807) is 0 Å². The molecule has 0 saturated heterocycles. The summed E-state index contributed by atoms with van der Waals surface area (Å²) in [5.74, 6) is 0. The van der Waals surface area contributed by atoms with Crippen LogP contribution in [0, 0.1) is 0 Å². The number of para-hydroxylation sites is 6. The van der Waals surface area contributed by atoms with Crippen molar-refractivity contribution in [3.05, 3.63) is 255 Å². The zero-order valence-electron chi connectivity index (χ0n) is 36.6. The molecule has 0 spiro atoms. The van der Waals surface area contributed by atoms with E-state index in [9.17, 15) is 0 Å². The van der Waals surface area contributed by atoms with Crippen LogP contribution >= 0.6 is 0 Å². The fraction of sp³-hybridized carbons (Fsp3) is 0. The van der Waals surface area contributed by atoms with Gasteiger partial charge in [0, 0.05) is 38.4 Å². The second-order valence-electron chi connectivity index (χ2n) is 17.2. The average molecular weight is 855 g/mol. The summed E-state index contributed by atoms with van der Waals surface area (Å²) in [6.45, 7) is 0. The number of hydrogen-bond donors (Lipinski definition) is 0. The van der Waals surface area contributed by atoms with Gasteiger partial charge in [0.05, 0.1) is 28.1 Å². The predicted molar refractivity (Wildman–Crippen MR) is 282 cm³/mol. The molecule has 314 valence electrons. The van der Waals surface area contributed by atoms with Crippen molar-refractivity contribution < 1.29 is 4.42 Å². The Morgan fingerprint density at radius 2 is 0.866 bits per heavy atom. The quantitative estimate of drug-likeness (QED) is 0.152. The van der Waals surface area contributed by atoms with Crippen LogP contribution in [-0.4, -0.2) is 4.57 Å². The van der Waals surface area contributed by atoms with E-state index >= 15 is 0 Å². The highest BCUT2D eigenvalue weighted by atomic mass is 16.3. The number of furan rings is 1. The van der Waals surface area contributed by atoms with Crippen molar-refractivity contribution in [1.29, 1.82) is 0 Å². The molecule has 0 amide bonds. The zero-order valence-corrected chi connectivity index (χ0v) is 36.6. The van der Waals surface area contributed by atoms with Gasteiger partial charge in [-0.2, -0.15) is 0 Å². The van der Waals surface area contributed by atoms with Crippen LogP contribution in [0.3, 0.4) is 0 Å². The van der Waals surface area contributed by atoms with Crippen LogP contribution in [0.2, 0.25) is 0 Å². The minimum Gasteiger partial charge on any atom is -0.455 e. The molecule has 3 heteroatoms. The molecule has 11 aromatic carbocycles. The summed E-state index contributed by atoms with van der Waals surface area (Å²) in [5, 5.41) is 7.02. The van der Waals surface area contributed by atoms with E-state index in [0.717, 1.165) is 83.4 Å². The summed E-state index contributed by atoms with van der Waals surface area (Å²) < 4.78 is 9.32. The normalized spacial score (nSPS) is 11.6. The Morgan fingerprint density at radius 1 is 0.313 bits per heavy atom. The molecule has 0 radical (unpaired) electrons. The van der Waals surface area contributed by atoms with Gasteiger partial charge < -0.3 is 13.9 Å². The van der Waals surface area contributed by atoms with Crippen molar-refractivity contribution in [3.8, 4) is 50.2 Å². The first-order chi connectivity index (χ1) is 33.2. The molecule has 0 saturated carbocycles. The van der Waals surface area contributed by atoms with E-state index in [-0.39, 0.29) is 0 Å². The molecule has 3 nitrogen and oxygen atoms in total. The molecule has 0 aliphatic carbocycles. The second-order valence-corrected chi connectivity index (χ2v) is 17.2. The van der Waals surface area contributed by atoms with Gasteiger partial charge in [0.15, 0.2) is 0 Å². The van der Waals surface area contributed by atoms with Gasteiger partial charge in [0.25, 0.3) is 0 Å². The first-order valence-corrected chi connectivity index (χ1v) is 22.9. The third kappa shape index (κ3) is 6.51. The largest absolute Gasteiger partial charge is 0.455 e. The van der Waals surface area contributed by atoms with Crippen molar-refractivity contribution in [1.82, 2.24) is 4.57 Å². The lowest BCUT2D eigenvalue weighted by Crippen LogP contribution is -2.14. The van der Waals surface area contributed by atoms with E-state index in [1.807, 2.05) is 0 Å². The number of aromatic nitrogens is 1. The molecule has 13 rings (SSSR count). The highest BCUT2D eigenvalue weighted by Gasteiger charge is 2.24. The summed E-state index contributed by atoms with van der Waals surface area (Å²) >= 11 is 0. The van der Waals surface area contributed by atoms with Crippen molar-refractivity contribution >= 4 is 71.6 Å². The van der Waals surface area contributed by atoms with Crippen LogP contribution in [0.5, 0.6) is 0 Å². The summed E-state index contributed by atoms with van der Waals surface area (Å²) in [7, 11) is 0. The van der Waals surface area contributed by atoms with Crippen molar-refractivity contribution in [3.63, 3.8) is 0 Å². The summed E-state index contributed by atoms with van der Waals surface area (Å²) in [6.07, 6.45) is 0. The molecule has 2 heterocycles. The number of benzene rings is 11. The van der Waals surface area contributed by atoms with Gasteiger partial charge in [-0.05, 0) is 105 Å². The maximum Gasteiger partial charge on any atom is 0.143 e. The lowest BCUT2D eigenvalue weighted by atomic mass is 9.91. The Balaban J connectivity index is 1.02. The first-order valence-electron chi connectivity index (χ1n) is 22.9. The van der Waals surface area contributed by atoms with E-state index in [2.05, 4.69) is 264 Å². The average Bonchev–Trinajstić information content (AvgIpc) is 3.94. The maximum absolute atomic E-state index is 6.89.